The molecule has 1 aromatic heterocycles. The summed E-state index contributed by atoms with van der Waals surface area (Å²) in [7, 11) is 0. The van der Waals surface area contributed by atoms with Crippen molar-refractivity contribution in [3.8, 4) is 0 Å². The molecule has 2 rings (SSSR count). The van der Waals surface area contributed by atoms with Gasteiger partial charge in [-0.25, -0.2) is 0 Å². The van der Waals surface area contributed by atoms with E-state index in [1.807, 2.05) is 0 Å². The average Bonchev–Trinajstić information content (AvgIpc) is 2.43. The molecular formula is C12H10Br2N4O3. The minimum atomic E-state index is -0.527. The number of nitro groups is 1. The summed E-state index contributed by atoms with van der Waals surface area (Å²) in [5, 5.41) is 10.8. The number of benzene rings is 1. The lowest BCUT2D eigenvalue weighted by molar-refractivity contribution is -0.384. The molecule has 2 aromatic rings. The van der Waals surface area contributed by atoms with Gasteiger partial charge in [0.25, 0.3) is 11.2 Å². The highest BCUT2D eigenvalue weighted by atomic mass is 79.9. The molecule has 21 heavy (non-hydrogen) atoms. The molecule has 0 aliphatic carbocycles. The Morgan fingerprint density at radius 1 is 1.33 bits per heavy atom. The molecule has 0 unspecified atom stereocenters. The van der Waals surface area contributed by atoms with Gasteiger partial charge in [-0.05, 0) is 49.6 Å². The minimum absolute atomic E-state index is 0.121. The maximum Gasteiger partial charge on any atom is 0.293 e. The van der Waals surface area contributed by atoms with Gasteiger partial charge in [0.05, 0.1) is 15.9 Å². The zero-order valence-electron chi connectivity index (χ0n) is 10.5. The van der Waals surface area contributed by atoms with Crippen molar-refractivity contribution in [1.29, 1.82) is 0 Å². The van der Waals surface area contributed by atoms with E-state index in [2.05, 4.69) is 37.3 Å². The second kappa shape index (κ2) is 6.37. The van der Waals surface area contributed by atoms with Crippen LogP contribution in [0.4, 0.5) is 11.4 Å². The van der Waals surface area contributed by atoms with Crippen molar-refractivity contribution in [3.63, 3.8) is 0 Å². The number of pyridine rings is 1. The number of nitrogens with one attached hydrogen (secondary N) is 1. The topological polar surface area (TPSA) is 103 Å². The molecule has 0 saturated carbocycles. The average molecular weight is 418 g/mol. The SMILES string of the molecule is NNc1cc(Cn2cc(Br)cc(Br)c2=O)ccc1[N+](=O)[O-]. The van der Waals surface area contributed by atoms with Gasteiger partial charge in [0.15, 0.2) is 0 Å². The van der Waals surface area contributed by atoms with Crippen molar-refractivity contribution >= 4 is 43.2 Å². The molecule has 0 aliphatic rings. The highest BCUT2D eigenvalue weighted by Gasteiger charge is 2.13. The Morgan fingerprint density at radius 3 is 2.67 bits per heavy atom. The van der Waals surface area contributed by atoms with Crippen LogP contribution < -0.4 is 16.8 Å². The fraction of sp³-hybridized carbons (Fsp3) is 0.0833. The lowest BCUT2D eigenvalue weighted by Crippen LogP contribution is -2.21. The Bertz CT molecular complexity index is 761. The summed E-state index contributed by atoms with van der Waals surface area (Å²) in [5.74, 6) is 5.29. The van der Waals surface area contributed by atoms with Gasteiger partial charge in [0.1, 0.15) is 5.69 Å². The van der Waals surface area contributed by atoms with E-state index in [1.54, 1.807) is 24.4 Å². The smallest absolute Gasteiger partial charge is 0.293 e. The summed E-state index contributed by atoms with van der Waals surface area (Å²) in [6.07, 6.45) is 1.64. The number of nitrogens with two attached hydrogens (primary N) is 1. The first-order valence-corrected chi connectivity index (χ1v) is 7.30. The summed E-state index contributed by atoms with van der Waals surface area (Å²) < 4.78 is 2.65. The number of hydrazine groups is 1. The van der Waals surface area contributed by atoms with E-state index in [4.69, 9.17) is 5.84 Å². The first-order valence-electron chi connectivity index (χ1n) is 5.72. The highest BCUT2D eigenvalue weighted by Crippen LogP contribution is 2.25. The van der Waals surface area contributed by atoms with Gasteiger partial charge < -0.3 is 9.99 Å². The van der Waals surface area contributed by atoms with E-state index in [0.29, 0.717) is 10.0 Å². The van der Waals surface area contributed by atoms with Crippen LogP contribution in [0.15, 0.2) is 44.2 Å². The van der Waals surface area contributed by atoms with Gasteiger partial charge in [0, 0.05) is 16.7 Å². The number of hydrogen-bond donors (Lipinski definition) is 2. The molecule has 0 radical (unpaired) electrons. The maximum absolute atomic E-state index is 12.0. The number of halogens is 2. The Morgan fingerprint density at radius 2 is 2.05 bits per heavy atom. The number of aromatic nitrogens is 1. The van der Waals surface area contributed by atoms with Crippen LogP contribution in [0.25, 0.3) is 0 Å². The fourth-order valence-corrected chi connectivity index (χ4v) is 3.09. The predicted molar refractivity (Wildman–Crippen MR) is 86.1 cm³/mol. The summed E-state index contributed by atoms with van der Waals surface area (Å²) in [6, 6.07) is 6.13. The molecule has 9 heteroatoms. The molecule has 7 nitrogen and oxygen atoms in total. The van der Waals surface area contributed by atoms with Crippen molar-refractivity contribution in [2.45, 2.75) is 6.54 Å². The second-order valence-corrected chi connectivity index (χ2v) is 5.96. The third kappa shape index (κ3) is 3.49. The molecule has 0 aliphatic heterocycles. The van der Waals surface area contributed by atoms with E-state index in [-0.39, 0.29) is 23.5 Å². The molecule has 0 fully saturated rings. The summed E-state index contributed by atoms with van der Waals surface area (Å²) in [6.45, 7) is 0.267. The van der Waals surface area contributed by atoms with Crippen LogP contribution in [-0.2, 0) is 6.54 Å². The van der Waals surface area contributed by atoms with E-state index >= 15 is 0 Å². The van der Waals surface area contributed by atoms with Gasteiger partial charge >= 0.3 is 0 Å². The van der Waals surface area contributed by atoms with Gasteiger partial charge in [-0.3, -0.25) is 20.8 Å². The molecule has 3 N–H and O–H groups in total. The Kier molecular flexibility index (Phi) is 4.76. The highest BCUT2D eigenvalue weighted by molar-refractivity contribution is 9.11. The van der Waals surface area contributed by atoms with Crippen molar-refractivity contribution in [3.05, 3.63) is 65.4 Å². The van der Waals surface area contributed by atoms with Crippen molar-refractivity contribution in [2.75, 3.05) is 5.43 Å². The number of nitrogens with zero attached hydrogens (tertiary/aromatic N) is 2. The molecular weight excluding hydrogens is 408 g/mol. The van der Waals surface area contributed by atoms with E-state index in [0.717, 1.165) is 4.47 Å². The molecule has 0 amide bonds. The van der Waals surface area contributed by atoms with Gasteiger partial charge in [0.2, 0.25) is 0 Å². The van der Waals surface area contributed by atoms with Crippen LogP contribution in [0.5, 0.6) is 0 Å². The van der Waals surface area contributed by atoms with Gasteiger partial charge in [-0.2, -0.15) is 0 Å². The molecule has 0 saturated heterocycles. The lowest BCUT2D eigenvalue weighted by Gasteiger charge is -2.09. The Labute approximate surface area is 136 Å². The molecule has 0 atom stereocenters. The van der Waals surface area contributed by atoms with Crippen molar-refractivity contribution < 1.29 is 4.92 Å². The third-order valence-electron chi connectivity index (χ3n) is 2.78. The van der Waals surface area contributed by atoms with Gasteiger partial charge in [-0.1, -0.05) is 6.07 Å². The number of nitrogen functional groups attached to an aromatic ring is 1. The van der Waals surface area contributed by atoms with Crippen molar-refractivity contribution in [1.82, 2.24) is 4.57 Å². The predicted octanol–water partition coefficient (Wildman–Crippen LogP) is 2.62. The zero-order valence-corrected chi connectivity index (χ0v) is 13.7. The quantitative estimate of drug-likeness (QED) is 0.452. The molecule has 0 spiro atoms. The zero-order chi connectivity index (χ0) is 15.6. The number of nitro benzene ring substituents is 1. The number of anilines is 1. The number of rotatable bonds is 4. The van der Waals surface area contributed by atoms with Crippen molar-refractivity contribution in [2.24, 2.45) is 5.84 Å². The fourth-order valence-electron chi connectivity index (χ4n) is 1.84. The van der Waals surface area contributed by atoms with E-state index < -0.39 is 4.92 Å². The van der Waals surface area contributed by atoms with Gasteiger partial charge in [-0.15, -0.1) is 0 Å². The normalized spacial score (nSPS) is 10.4. The monoisotopic (exact) mass is 416 g/mol. The first-order chi connectivity index (χ1) is 9.92. The lowest BCUT2D eigenvalue weighted by atomic mass is 10.1. The molecule has 110 valence electrons. The molecule has 1 aromatic carbocycles. The minimum Gasteiger partial charge on any atom is -0.318 e. The summed E-state index contributed by atoms with van der Waals surface area (Å²) in [5.41, 5.74) is 2.88. The standard InChI is InChI=1S/C12H10Br2N4O3/c13-8-4-9(14)12(19)17(6-8)5-7-1-2-11(18(20)21)10(3-7)16-15/h1-4,6,16H,5,15H2. The first kappa shape index (κ1) is 15.7. The summed E-state index contributed by atoms with van der Waals surface area (Å²) >= 11 is 6.49. The Balaban J connectivity index is 2.41. The van der Waals surface area contributed by atoms with Crippen LogP contribution in [0.1, 0.15) is 5.56 Å². The number of hydrogen-bond acceptors (Lipinski definition) is 5. The van der Waals surface area contributed by atoms with E-state index in [1.165, 1.54) is 10.6 Å². The molecule has 1 heterocycles. The van der Waals surface area contributed by atoms with E-state index in [9.17, 15) is 14.9 Å². The van der Waals surface area contributed by atoms with Crippen LogP contribution in [0, 0.1) is 10.1 Å². The maximum atomic E-state index is 12.0. The van der Waals surface area contributed by atoms with Crippen LogP contribution in [-0.4, -0.2) is 9.49 Å². The van der Waals surface area contributed by atoms with Crippen LogP contribution in [0.2, 0.25) is 0 Å². The largest absolute Gasteiger partial charge is 0.318 e. The molecule has 0 bridgehead atoms. The summed E-state index contributed by atoms with van der Waals surface area (Å²) in [4.78, 5) is 22.3. The van der Waals surface area contributed by atoms with Crippen LogP contribution in [0.3, 0.4) is 0 Å². The van der Waals surface area contributed by atoms with Crippen LogP contribution >= 0.6 is 31.9 Å². The second-order valence-electron chi connectivity index (χ2n) is 4.19. The third-order valence-corrected chi connectivity index (χ3v) is 3.78. The Hall–Kier alpha value is -1.71.